The number of hydrogen-bond acceptors (Lipinski definition) is 3. The van der Waals surface area contributed by atoms with E-state index in [2.05, 4.69) is 12.2 Å². The average Bonchev–Trinajstić information content (AvgIpc) is 2.88. The van der Waals surface area contributed by atoms with E-state index in [4.69, 9.17) is 21.1 Å². The molecule has 0 aliphatic carbocycles. The van der Waals surface area contributed by atoms with Gasteiger partial charge >= 0.3 is 0 Å². The molecule has 2 aliphatic rings. The highest BCUT2D eigenvalue weighted by molar-refractivity contribution is 6.31. The van der Waals surface area contributed by atoms with Crippen LogP contribution in [0.3, 0.4) is 0 Å². The quantitative estimate of drug-likeness (QED) is 0.923. The van der Waals surface area contributed by atoms with Crippen LogP contribution in [0.15, 0.2) is 6.07 Å². The number of nitrogens with one attached hydrogen (secondary N) is 1. The highest BCUT2D eigenvalue weighted by Crippen LogP contribution is 2.42. The van der Waals surface area contributed by atoms with E-state index >= 15 is 0 Å². The Kier molecular flexibility index (Phi) is 3.85. The Bertz CT molecular complexity index is 470. The summed E-state index contributed by atoms with van der Waals surface area (Å²) in [4.78, 5) is 0. The second-order valence-electron chi connectivity index (χ2n) is 5.32. The molecule has 2 aliphatic heterocycles. The number of ether oxygens (including phenoxy) is 2. The maximum atomic E-state index is 6.46. The second kappa shape index (κ2) is 5.59. The Balaban J connectivity index is 1.91. The minimum atomic E-state index is 0.313. The van der Waals surface area contributed by atoms with Gasteiger partial charge in [-0.05, 0) is 50.3 Å². The van der Waals surface area contributed by atoms with E-state index in [1.807, 2.05) is 6.07 Å². The van der Waals surface area contributed by atoms with Crippen LogP contribution < -0.4 is 14.8 Å². The zero-order chi connectivity index (χ0) is 13.2. The van der Waals surface area contributed by atoms with Crippen molar-refractivity contribution < 1.29 is 9.47 Å². The first-order chi connectivity index (χ1) is 9.29. The Morgan fingerprint density at radius 1 is 1.37 bits per heavy atom. The molecule has 19 heavy (non-hydrogen) atoms. The Morgan fingerprint density at radius 2 is 2.26 bits per heavy atom. The monoisotopic (exact) mass is 281 g/mol. The molecule has 2 heterocycles. The number of benzene rings is 1. The molecular formula is C15H20ClNO2. The number of halogens is 1. The minimum absolute atomic E-state index is 0.313. The number of piperidine rings is 1. The molecule has 104 valence electrons. The van der Waals surface area contributed by atoms with Crippen LogP contribution in [0, 0.1) is 5.92 Å². The zero-order valence-electron chi connectivity index (χ0n) is 11.3. The standard InChI is InChI=1S/C15H20ClNO2/c1-2-11-12(6-10-4-3-5-17-8-10)13(16)7-14-15(11)19-9-18-14/h7,10,17H,2-6,8-9H2,1H3. The summed E-state index contributed by atoms with van der Waals surface area (Å²) in [7, 11) is 0. The van der Waals surface area contributed by atoms with Crippen molar-refractivity contribution in [3.05, 3.63) is 22.2 Å². The smallest absolute Gasteiger partial charge is 0.231 e. The van der Waals surface area contributed by atoms with Crippen molar-refractivity contribution in [3.63, 3.8) is 0 Å². The lowest BCUT2D eigenvalue weighted by molar-refractivity contribution is 0.173. The van der Waals surface area contributed by atoms with Gasteiger partial charge in [-0.15, -0.1) is 0 Å². The number of hydrogen-bond donors (Lipinski definition) is 1. The first kappa shape index (κ1) is 13.1. The molecule has 0 aromatic heterocycles. The minimum Gasteiger partial charge on any atom is -0.454 e. The van der Waals surface area contributed by atoms with E-state index in [0.717, 1.165) is 42.5 Å². The first-order valence-electron chi connectivity index (χ1n) is 7.10. The largest absolute Gasteiger partial charge is 0.454 e. The Labute approximate surface area is 119 Å². The molecule has 1 N–H and O–H groups in total. The van der Waals surface area contributed by atoms with Crippen LogP contribution in [0.1, 0.15) is 30.9 Å². The van der Waals surface area contributed by atoms with Gasteiger partial charge in [0, 0.05) is 16.7 Å². The Hall–Kier alpha value is -0.930. The molecule has 0 spiro atoms. The first-order valence-corrected chi connectivity index (χ1v) is 7.48. The molecule has 3 nitrogen and oxygen atoms in total. The number of rotatable bonds is 3. The van der Waals surface area contributed by atoms with E-state index in [9.17, 15) is 0 Å². The van der Waals surface area contributed by atoms with Crippen molar-refractivity contribution in [2.75, 3.05) is 19.9 Å². The van der Waals surface area contributed by atoms with E-state index in [1.165, 1.54) is 24.0 Å². The van der Waals surface area contributed by atoms with Crippen LogP contribution in [-0.4, -0.2) is 19.9 Å². The van der Waals surface area contributed by atoms with Gasteiger partial charge in [-0.1, -0.05) is 18.5 Å². The third-order valence-corrected chi connectivity index (χ3v) is 4.41. The van der Waals surface area contributed by atoms with Gasteiger partial charge in [0.15, 0.2) is 11.5 Å². The van der Waals surface area contributed by atoms with Gasteiger partial charge in [-0.3, -0.25) is 0 Å². The highest BCUT2D eigenvalue weighted by Gasteiger charge is 2.24. The normalized spacial score (nSPS) is 21.7. The number of fused-ring (bicyclic) bond motifs is 1. The summed E-state index contributed by atoms with van der Waals surface area (Å²) in [6.07, 6.45) is 4.50. The van der Waals surface area contributed by atoms with Crippen molar-refractivity contribution in [3.8, 4) is 11.5 Å². The lowest BCUT2D eigenvalue weighted by Gasteiger charge is -2.24. The predicted octanol–water partition coefficient (Wildman–Crippen LogP) is 3.17. The van der Waals surface area contributed by atoms with E-state index in [0.29, 0.717) is 12.7 Å². The van der Waals surface area contributed by atoms with Gasteiger partial charge in [-0.25, -0.2) is 0 Å². The van der Waals surface area contributed by atoms with Crippen molar-refractivity contribution >= 4 is 11.6 Å². The van der Waals surface area contributed by atoms with Crippen LogP contribution in [0.25, 0.3) is 0 Å². The van der Waals surface area contributed by atoms with Gasteiger partial charge < -0.3 is 14.8 Å². The van der Waals surface area contributed by atoms with E-state index in [-0.39, 0.29) is 0 Å². The fourth-order valence-electron chi connectivity index (χ4n) is 3.10. The fourth-order valence-corrected chi connectivity index (χ4v) is 3.39. The van der Waals surface area contributed by atoms with Crippen LogP contribution in [0.4, 0.5) is 0 Å². The van der Waals surface area contributed by atoms with Gasteiger partial charge in [-0.2, -0.15) is 0 Å². The van der Waals surface area contributed by atoms with Crippen LogP contribution >= 0.6 is 11.6 Å². The molecule has 1 aromatic carbocycles. The maximum absolute atomic E-state index is 6.46. The van der Waals surface area contributed by atoms with Crippen molar-refractivity contribution in [2.24, 2.45) is 5.92 Å². The fraction of sp³-hybridized carbons (Fsp3) is 0.600. The van der Waals surface area contributed by atoms with E-state index in [1.54, 1.807) is 0 Å². The van der Waals surface area contributed by atoms with Gasteiger partial charge in [0.25, 0.3) is 0 Å². The average molecular weight is 282 g/mol. The van der Waals surface area contributed by atoms with Crippen LogP contribution in [0.2, 0.25) is 5.02 Å². The molecule has 0 amide bonds. The summed E-state index contributed by atoms with van der Waals surface area (Å²) < 4.78 is 11.1. The SMILES string of the molecule is CCc1c(CC2CCCNC2)c(Cl)cc2c1OCO2. The predicted molar refractivity (Wildman–Crippen MR) is 76.3 cm³/mol. The summed E-state index contributed by atoms with van der Waals surface area (Å²) in [6, 6.07) is 1.91. The van der Waals surface area contributed by atoms with Crippen molar-refractivity contribution in [1.29, 1.82) is 0 Å². The Morgan fingerprint density at radius 3 is 3.00 bits per heavy atom. The highest BCUT2D eigenvalue weighted by atomic mass is 35.5. The molecule has 0 radical (unpaired) electrons. The van der Waals surface area contributed by atoms with Gasteiger partial charge in [0.1, 0.15) is 0 Å². The molecule has 3 rings (SSSR count). The maximum Gasteiger partial charge on any atom is 0.231 e. The molecule has 4 heteroatoms. The molecule has 1 unspecified atom stereocenters. The van der Waals surface area contributed by atoms with Crippen molar-refractivity contribution in [1.82, 2.24) is 5.32 Å². The zero-order valence-corrected chi connectivity index (χ0v) is 12.1. The molecule has 1 fully saturated rings. The molecule has 0 bridgehead atoms. The van der Waals surface area contributed by atoms with Gasteiger partial charge in [0.2, 0.25) is 6.79 Å². The van der Waals surface area contributed by atoms with Crippen LogP contribution in [0.5, 0.6) is 11.5 Å². The molecular weight excluding hydrogens is 262 g/mol. The summed E-state index contributed by atoms with van der Waals surface area (Å²) in [6.45, 7) is 4.70. The van der Waals surface area contributed by atoms with Crippen molar-refractivity contribution in [2.45, 2.75) is 32.6 Å². The van der Waals surface area contributed by atoms with E-state index < -0.39 is 0 Å². The molecule has 1 atom stereocenters. The molecule has 1 aromatic rings. The molecule has 0 saturated carbocycles. The van der Waals surface area contributed by atoms with Crippen LogP contribution in [-0.2, 0) is 12.8 Å². The summed E-state index contributed by atoms with van der Waals surface area (Å²) in [5, 5.41) is 4.29. The topological polar surface area (TPSA) is 30.5 Å². The summed E-state index contributed by atoms with van der Waals surface area (Å²) in [5.74, 6) is 2.38. The third-order valence-electron chi connectivity index (χ3n) is 4.07. The third kappa shape index (κ3) is 2.54. The lowest BCUT2D eigenvalue weighted by Crippen LogP contribution is -2.31. The lowest BCUT2D eigenvalue weighted by atomic mass is 9.89. The second-order valence-corrected chi connectivity index (χ2v) is 5.73. The van der Waals surface area contributed by atoms with Gasteiger partial charge in [0.05, 0.1) is 0 Å². The summed E-state index contributed by atoms with van der Waals surface area (Å²) >= 11 is 6.46. The molecule has 1 saturated heterocycles. The summed E-state index contributed by atoms with van der Waals surface area (Å²) in [5.41, 5.74) is 2.48.